The molecule has 4 rings (SSSR count). The van der Waals surface area contributed by atoms with Gasteiger partial charge in [0.15, 0.2) is 11.6 Å². The fourth-order valence-corrected chi connectivity index (χ4v) is 6.46. The second-order valence-electron chi connectivity index (χ2n) is 11.3. The SMILES string of the molecule is CCCCCC1CCC(C2CCC(c3ccc(OC(F)(F)c4ccc(OC(F)(F)F)c(F)c4)cc3)CC2)CC1. The highest BCUT2D eigenvalue weighted by Gasteiger charge is 2.37. The molecule has 2 nitrogen and oxygen atoms in total. The van der Waals surface area contributed by atoms with Crippen LogP contribution in [0, 0.1) is 23.6 Å². The molecule has 2 fully saturated rings. The number of halogens is 6. The largest absolute Gasteiger partial charge is 0.573 e. The van der Waals surface area contributed by atoms with Crippen molar-refractivity contribution in [3.63, 3.8) is 0 Å². The van der Waals surface area contributed by atoms with Crippen LogP contribution in [-0.2, 0) is 6.11 Å². The van der Waals surface area contributed by atoms with Crippen molar-refractivity contribution in [2.45, 2.75) is 102 Å². The number of rotatable bonds is 10. The summed E-state index contributed by atoms with van der Waals surface area (Å²) in [5, 5.41) is 0. The fraction of sp³-hybridized carbons (Fsp3) is 0.613. The number of ether oxygens (including phenoxy) is 2. The van der Waals surface area contributed by atoms with Gasteiger partial charge in [0, 0.05) is 0 Å². The van der Waals surface area contributed by atoms with E-state index in [2.05, 4.69) is 11.7 Å². The van der Waals surface area contributed by atoms with E-state index in [1.165, 1.54) is 76.3 Å². The van der Waals surface area contributed by atoms with E-state index in [1.54, 1.807) is 12.1 Å². The van der Waals surface area contributed by atoms with Gasteiger partial charge in [-0.1, -0.05) is 57.6 Å². The van der Waals surface area contributed by atoms with Crippen molar-refractivity contribution in [2.24, 2.45) is 17.8 Å². The fourth-order valence-electron chi connectivity index (χ4n) is 6.46. The summed E-state index contributed by atoms with van der Waals surface area (Å²) in [6.45, 7) is 2.25. The van der Waals surface area contributed by atoms with Crippen LogP contribution < -0.4 is 9.47 Å². The molecule has 8 heteroatoms. The van der Waals surface area contributed by atoms with Crippen LogP contribution in [0.3, 0.4) is 0 Å². The molecular weight excluding hydrogens is 518 g/mol. The van der Waals surface area contributed by atoms with Crippen molar-refractivity contribution in [2.75, 3.05) is 0 Å². The Hall–Kier alpha value is -2.38. The maximum atomic E-state index is 14.6. The Balaban J connectivity index is 1.26. The van der Waals surface area contributed by atoms with E-state index in [-0.39, 0.29) is 11.8 Å². The molecule has 0 bridgehead atoms. The quantitative estimate of drug-likeness (QED) is 0.214. The molecule has 2 aliphatic carbocycles. The summed E-state index contributed by atoms with van der Waals surface area (Å²) in [5.74, 6) is 0.0766. The Morgan fingerprint density at radius 2 is 1.36 bits per heavy atom. The van der Waals surface area contributed by atoms with Gasteiger partial charge in [0.05, 0.1) is 5.56 Å². The van der Waals surface area contributed by atoms with Crippen LogP contribution in [0.15, 0.2) is 42.5 Å². The molecule has 39 heavy (non-hydrogen) atoms. The van der Waals surface area contributed by atoms with Crippen molar-refractivity contribution in [3.05, 3.63) is 59.4 Å². The van der Waals surface area contributed by atoms with E-state index < -0.39 is 29.6 Å². The third kappa shape index (κ3) is 8.31. The maximum absolute atomic E-state index is 14.6. The molecule has 0 heterocycles. The van der Waals surface area contributed by atoms with Crippen molar-refractivity contribution in [1.29, 1.82) is 0 Å². The van der Waals surface area contributed by atoms with Crippen molar-refractivity contribution >= 4 is 0 Å². The van der Waals surface area contributed by atoms with E-state index in [0.29, 0.717) is 18.1 Å². The second-order valence-corrected chi connectivity index (χ2v) is 11.3. The molecule has 2 aromatic carbocycles. The summed E-state index contributed by atoms with van der Waals surface area (Å²) in [6, 6.07) is 7.95. The van der Waals surface area contributed by atoms with E-state index in [0.717, 1.165) is 36.2 Å². The van der Waals surface area contributed by atoms with E-state index in [9.17, 15) is 26.3 Å². The van der Waals surface area contributed by atoms with Crippen LogP contribution in [0.1, 0.15) is 101 Å². The molecule has 0 atom stereocenters. The van der Waals surface area contributed by atoms with Crippen molar-refractivity contribution < 1.29 is 35.8 Å². The Kier molecular flexibility index (Phi) is 9.76. The number of benzene rings is 2. The molecule has 0 saturated heterocycles. The first-order valence-corrected chi connectivity index (χ1v) is 14.3. The molecule has 216 valence electrons. The summed E-state index contributed by atoms with van der Waals surface area (Å²) in [4.78, 5) is 0. The first-order valence-electron chi connectivity index (χ1n) is 14.3. The number of unbranched alkanes of at least 4 members (excludes halogenated alkanes) is 2. The van der Waals surface area contributed by atoms with Gasteiger partial charge >= 0.3 is 12.5 Å². The molecule has 0 N–H and O–H groups in total. The van der Waals surface area contributed by atoms with Crippen molar-refractivity contribution in [3.8, 4) is 11.5 Å². The van der Waals surface area contributed by atoms with Crippen LogP contribution in [0.2, 0.25) is 0 Å². The minimum atomic E-state index is -5.13. The van der Waals surface area contributed by atoms with E-state index in [4.69, 9.17) is 4.74 Å². The molecule has 0 unspecified atom stereocenters. The molecule has 2 saturated carbocycles. The minimum absolute atomic E-state index is 0.107. The summed E-state index contributed by atoms with van der Waals surface area (Å²) in [7, 11) is 0. The van der Waals surface area contributed by atoms with Gasteiger partial charge in [-0.2, -0.15) is 8.78 Å². The lowest BCUT2D eigenvalue weighted by atomic mass is 9.68. The molecule has 0 aliphatic heterocycles. The topological polar surface area (TPSA) is 18.5 Å². The number of alkyl halides is 5. The Labute approximate surface area is 227 Å². The van der Waals surface area contributed by atoms with Gasteiger partial charge < -0.3 is 9.47 Å². The third-order valence-electron chi connectivity index (χ3n) is 8.64. The predicted molar refractivity (Wildman–Crippen MR) is 138 cm³/mol. The van der Waals surface area contributed by atoms with E-state index in [1.807, 2.05) is 0 Å². The van der Waals surface area contributed by atoms with Gasteiger partial charge in [0.1, 0.15) is 5.75 Å². The molecular formula is C31H38F6O2. The lowest BCUT2D eigenvalue weighted by molar-refractivity contribution is -0.275. The number of hydrogen-bond donors (Lipinski definition) is 0. The van der Waals surface area contributed by atoms with Crippen molar-refractivity contribution in [1.82, 2.24) is 0 Å². The molecule has 0 spiro atoms. The molecule has 0 radical (unpaired) electrons. The van der Waals surface area contributed by atoms with Gasteiger partial charge in [-0.25, -0.2) is 4.39 Å². The molecule has 2 aromatic rings. The van der Waals surface area contributed by atoms with Crippen LogP contribution in [0.5, 0.6) is 11.5 Å². The van der Waals surface area contributed by atoms with Gasteiger partial charge in [-0.3, -0.25) is 0 Å². The van der Waals surface area contributed by atoms with Crippen LogP contribution in [0.25, 0.3) is 0 Å². The molecule has 0 amide bonds. The monoisotopic (exact) mass is 556 g/mol. The smallest absolute Gasteiger partial charge is 0.429 e. The lowest BCUT2D eigenvalue weighted by Crippen LogP contribution is -2.25. The Morgan fingerprint density at radius 1 is 0.744 bits per heavy atom. The standard InChI is InChI=1S/C31H38F6O2/c1-2-3-4-5-21-6-8-22(9-7-21)23-10-12-24(13-11-23)25-14-17-27(18-15-25)38-30(33,34)26-16-19-29(28(32)20-26)39-31(35,36)37/h14-24H,2-13H2,1H3. The summed E-state index contributed by atoms with van der Waals surface area (Å²) in [6.07, 6.45) is 6.34. The second kappa shape index (κ2) is 12.9. The lowest BCUT2D eigenvalue weighted by Gasteiger charge is -2.38. The predicted octanol–water partition coefficient (Wildman–Crippen LogP) is 10.5. The Morgan fingerprint density at radius 3 is 1.92 bits per heavy atom. The summed E-state index contributed by atoms with van der Waals surface area (Å²) >= 11 is 0. The average molecular weight is 557 g/mol. The average Bonchev–Trinajstić information content (AvgIpc) is 2.90. The zero-order valence-corrected chi connectivity index (χ0v) is 22.4. The first kappa shape index (κ1) is 29.6. The number of hydrogen-bond acceptors (Lipinski definition) is 2. The Bertz CT molecular complexity index is 1040. The summed E-state index contributed by atoms with van der Waals surface area (Å²) in [5.41, 5.74) is 0.176. The van der Waals surface area contributed by atoms with Gasteiger partial charge in [-0.15, -0.1) is 13.2 Å². The van der Waals surface area contributed by atoms with Gasteiger partial charge in [0.25, 0.3) is 0 Å². The highest BCUT2D eigenvalue weighted by atomic mass is 19.4. The maximum Gasteiger partial charge on any atom is 0.573 e. The molecule has 0 aromatic heterocycles. The van der Waals surface area contributed by atoms with Gasteiger partial charge in [-0.05, 0) is 98.1 Å². The van der Waals surface area contributed by atoms with E-state index >= 15 is 0 Å². The van der Waals surface area contributed by atoms with Gasteiger partial charge in [0.2, 0.25) is 0 Å². The minimum Gasteiger partial charge on any atom is -0.429 e. The van der Waals surface area contributed by atoms with Crippen LogP contribution in [0.4, 0.5) is 26.3 Å². The third-order valence-corrected chi connectivity index (χ3v) is 8.64. The normalized spacial score (nSPS) is 24.4. The highest BCUT2D eigenvalue weighted by molar-refractivity contribution is 5.33. The first-order chi connectivity index (χ1) is 18.5. The zero-order chi connectivity index (χ0) is 28.0. The van der Waals surface area contributed by atoms with Crippen LogP contribution in [-0.4, -0.2) is 6.36 Å². The van der Waals surface area contributed by atoms with Crippen LogP contribution >= 0.6 is 0 Å². The highest BCUT2D eigenvalue weighted by Crippen LogP contribution is 2.45. The zero-order valence-electron chi connectivity index (χ0n) is 22.4. The molecule has 2 aliphatic rings. The summed E-state index contributed by atoms with van der Waals surface area (Å²) < 4.78 is 88.4.